The van der Waals surface area contributed by atoms with Gasteiger partial charge in [0.05, 0.1) is 63.2 Å². The van der Waals surface area contributed by atoms with Crippen molar-refractivity contribution in [3.8, 4) is 5.88 Å². The molecule has 0 spiro atoms. The summed E-state index contributed by atoms with van der Waals surface area (Å²) in [4.78, 5) is 94.8. The number of anilines is 3. The molecule has 1 saturated heterocycles. The molecular formula is C105H119N13O18S2+2. The van der Waals surface area contributed by atoms with Gasteiger partial charge in [0, 0.05) is 151 Å². The number of non-ortho nitro benzene ring substituents is 2. The number of amides is 3. The van der Waals surface area contributed by atoms with Gasteiger partial charge in [-0.1, -0.05) is 160 Å². The number of hydrogen-bond donors (Lipinski definition) is 5. The van der Waals surface area contributed by atoms with Crippen LogP contribution >= 0.6 is 0 Å². The van der Waals surface area contributed by atoms with Gasteiger partial charge in [-0.2, -0.15) is 36.0 Å². The van der Waals surface area contributed by atoms with E-state index in [-0.39, 0.29) is 74.6 Å². The zero-order valence-electron chi connectivity index (χ0n) is 79.4. The smallest absolute Gasteiger partial charge is 0.333 e. The van der Waals surface area contributed by atoms with Crippen molar-refractivity contribution in [2.75, 3.05) is 61.5 Å². The number of aryl methyl sites for hydroxylation is 3. The van der Waals surface area contributed by atoms with Gasteiger partial charge >= 0.3 is 5.97 Å². The fraction of sp³-hybridized carbons (Fsp3) is 0.343. The summed E-state index contributed by atoms with van der Waals surface area (Å²) >= 11 is 0. The summed E-state index contributed by atoms with van der Waals surface area (Å²) in [5.41, 5.74) is 23.8. The van der Waals surface area contributed by atoms with Crippen molar-refractivity contribution in [3.05, 3.63) is 324 Å². The molecule has 6 N–H and O–H groups in total. The summed E-state index contributed by atoms with van der Waals surface area (Å²) < 4.78 is 90.3. The van der Waals surface area contributed by atoms with E-state index in [9.17, 15) is 65.3 Å². The molecule has 14 rings (SSSR count). The van der Waals surface area contributed by atoms with Crippen LogP contribution in [0.2, 0.25) is 0 Å². The molecule has 0 atom stereocenters. The first kappa shape index (κ1) is 102. The molecule has 2 aromatic heterocycles. The number of ether oxygens (including phenoxy) is 3. The average Bonchev–Trinajstić information content (AvgIpc) is 1.59. The number of allylic oxidation sites excluding steroid dienone is 16. The number of carbonyl (C=O) groups excluding carboxylic acids is 4. The van der Waals surface area contributed by atoms with Crippen molar-refractivity contribution in [1.82, 2.24) is 30.3 Å². The molecule has 9 aromatic rings. The third-order valence-corrected chi connectivity index (χ3v) is 27.2. The molecule has 0 bridgehead atoms. The Bertz CT molecular complexity index is 6650. The van der Waals surface area contributed by atoms with Gasteiger partial charge in [-0.25, -0.2) is 9.78 Å². The normalized spacial score (nSPS) is 16.4. The fourth-order valence-corrected chi connectivity index (χ4v) is 19.0. The summed E-state index contributed by atoms with van der Waals surface area (Å²) in [6, 6.07) is 43.4. The first-order chi connectivity index (χ1) is 65.8. The van der Waals surface area contributed by atoms with Crippen molar-refractivity contribution >= 4 is 107 Å². The van der Waals surface area contributed by atoms with E-state index >= 15 is 0 Å². The molecule has 0 saturated carbocycles. The van der Waals surface area contributed by atoms with E-state index in [2.05, 4.69) is 160 Å². The number of carbonyl (C=O) groups is 4. The SMILES string of the molecule is Cc1ccc2c(c1)C(C)(C)C(=CC=CC=CC=CC1=[N+](CCCCCC(=O)NCc3ccc(COc4nc(N)nc5nc[nH]c45)cc3)c3ccc(S(=O)(=O)O)cc3C1(C)C)N2CCCc1ccc([N+](=O)[O-])cc1.Cc1ccc2c(c1)C(C)(C)C(=CC=CC=CC=CC1=[N+](CCCCCC(=O)ON3C(=O)CCC3=O)c3ccc(S(=O)(=O)O)cc3C1(C)C)N2CCOCCOCc1ccc([N+](=O)[O-])cc1. The lowest BCUT2D eigenvalue weighted by molar-refractivity contribution is -0.438. The van der Waals surface area contributed by atoms with Crippen LogP contribution in [-0.4, -0.2) is 151 Å². The van der Waals surface area contributed by atoms with E-state index in [1.807, 2.05) is 111 Å². The van der Waals surface area contributed by atoms with Gasteiger partial charge in [-0.15, -0.1) is 5.06 Å². The molecule has 5 aliphatic rings. The Morgan fingerprint density at radius 3 is 1.52 bits per heavy atom. The zero-order valence-corrected chi connectivity index (χ0v) is 81.0. The molecule has 3 amide bonds. The molecule has 7 aromatic carbocycles. The summed E-state index contributed by atoms with van der Waals surface area (Å²) in [5.74, 6) is -1.30. The highest BCUT2D eigenvalue weighted by atomic mass is 32.2. The minimum Gasteiger partial charge on any atom is -0.471 e. The zero-order chi connectivity index (χ0) is 98.9. The van der Waals surface area contributed by atoms with Crippen LogP contribution in [0, 0.1) is 34.1 Å². The number of hydrogen-bond acceptors (Lipinski definition) is 22. The fourth-order valence-electron chi connectivity index (χ4n) is 18.0. The molecule has 1 fully saturated rings. The van der Waals surface area contributed by atoms with E-state index in [0.29, 0.717) is 107 Å². The van der Waals surface area contributed by atoms with Gasteiger partial charge in [0.2, 0.25) is 29.1 Å². The van der Waals surface area contributed by atoms with Gasteiger partial charge in [-0.05, 0) is 174 Å². The first-order valence-electron chi connectivity index (χ1n) is 46.2. The number of imidazole rings is 1. The number of nitro benzene ring substituents is 2. The van der Waals surface area contributed by atoms with Gasteiger partial charge in [0.1, 0.15) is 25.2 Å². The highest BCUT2D eigenvalue weighted by Crippen LogP contribution is 2.51. The number of aromatic nitrogens is 4. The molecule has 0 unspecified atom stereocenters. The number of H-pyrrole nitrogens is 1. The quantitative estimate of drug-likeness (QED) is 0.00451. The molecule has 0 aliphatic carbocycles. The average molecular weight is 1920 g/mol. The van der Waals surface area contributed by atoms with Crippen LogP contribution in [0.4, 0.5) is 40.1 Å². The Morgan fingerprint density at radius 2 is 1.00 bits per heavy atom. The lowest BCUT2D eigenvalue weighted by atomic mass is 9.81. The summed E-state index contributed by atoms with van der Waals surface area (Å²) in [7, 11) is -8.84. The first-order valence-corrected chi connectivity index (χ1v) is 49.1. The van der Waals surface area contributed by atoms with Gasteiger partial charge in [0.15, 0.2) is 17.1 Å². The Balaban J connectivity index is 0.000000235. The van der Waals surface area contributed by atoms with Crippen LogP contribution in [0.15, 0.2) is 258 Å². The van der Waals surface area contributed by atoms with Gasteiger partial charge in [0.25, 0.3) is 43.4 Å². The summed E-state index contributed by atoms with van der Waals surface area (Å²) in [5, 5.41) is 25.6. The van der Waals surface area contributed by atoms with Crippen LogP contribution in [0.25, 0.3) is 11.2 Å². The number of imide groups is 1. The third-order valence-electron chi connectivity index (χ3n) is 25.5. The lowest BCUT2D eigenvalue weighted by Crippen LogP contribution is -2.31. The maximum atomic E-state index is 12.9. The molecule has 7 heterocycles. The topological polar surface area (TPSA) is 408 Å². The maximum Gasteiger partial charge on any atom is 0.333 e. The predicted molar refractivity (Wildman–Crippen MR) is 530 cm³/mol. The summed E-state index contributed by atoms with van der Waals surface area (Å²) in [6.45, 7) is 26.2. The van der Waals surface area contributed by atoms with Crippen LogP contribution in [0.3, 0.4) is 0 Å². The van der Waals surface area contributed by atoms with Gasteiger partial charge < -0.3 is 44.9 Å². The van der Waals surface area contributed by atoms with Crippen molar-refractivity contribution < 1.29 is 83.2 Å². The standard InChI is InChI=1S/C56H61N9O7S.C49H56N4O11S/c1-38-19-29-46-44(33-38)55(2,3)48(64(46)32-14-15-39-24-26-42(27-25-39)65(67)68)16-10-7-6-8-11-17-49-56(4,5)45-34-43(73(69,70)71)28-30-47(45)63(49)31-13-9-12-18-50(66)58-35-40-20-22-41(23-21-40)36-72-53-51-52(60-37-59-51)61-54(57)62-53;1-35-17-23-41-39(32-35)48(2,3)44(51(41)28-29-62-30-31-63-34-36-18-20-37(21-19-36)53(57)58)15-11-8-6-7-10-14-43-49(4,5)40-33-38(65(59,60)61)22-24-42(40)50(43)27-13-9-12-16-47(56)64-52-45(54)25-26-46(52)55/h6-8,10-11,16-17,19-30,33-34,37H,9,12-15,18,31-32,35-36H2,1-5H3,(H4-,57,58,59,60,61,62,66,69,70,71);6-8,10-11,14-15,17-24,32-33H,9,12-13,16,25-31,34H2,1-5H3/p+2. The number of rotatable bonds is 42. The second kappa shape index (κ2) is 44.5. The minimum atomic E-state index is -4.43. The predicted octanol–water partition coefficient (Wildman–Crippen LogP) is 18.5. The highest BCUT2D eigenvalue weighted by Gasteiger charge is 2.48. The molecule has 138 heavy (non-hydrogen) atoms. The second-order valence-electron chi connectivity index (χ2n) is 36.7. The van der Waals surface area contributed by atoms with Crippen LogP contribution in [0.1, 0.15) is 182 Å². The number of nitrogens with two attached hydrogens (primary N) is 1. The number of fused-ring (bicyclic) bond motifs is 5. The Morgan fingerprint density at radius 1 is 0.529 bits per heavy atom. The summed E-state index contributed by atoms with van der Waals surface area (Å²) in [6.07, 6.45) is 35.9. The van der Waals surface area contributed by atoms with E-state index < -0.39 is 53.8 Å². The number of aromatic amines is 1. The van der Waals surface area contributed by atoms with Gasteiger partial charge in [-0.3, -0.25) is 43.7 Å². The Hall–Kier alpha value is -13.8. The lowest BCUT2D eigenvalue weighted by Gasteiger charge is -2.27. The monoisotopic (exact) mass is 1910 g/mol. The van der Waals surface area contributed by atoms with Crippen molar-refractivity contribution in [1.29, 1.82) is 0 Å². The molecule has 5 aliphatic heterocycles. The van der Waals surface area contributed by atoms with Crippen LogP contribution < -0.4 is 25.6 Å². The number of nitro groups is 2. The van der Waals surface area contributed by atoms with Crippen molar-refractivity contribution in [3.63, 3.8) is 0 Å². The molecule has 33 heteroatoms. The molecular weight excluding hydrogens is 1800 g/mol. The van der Waals surface area contributed by atoms with Crippen molar-refractivity contribution in [2.24, 2.45) is 0 Å². The van der Waals surface area contributed by atoms with E-state index in [4.69, 9.17) is 24.8 Å². The second-order valence-corrected chi connectivity index (χ2v) is 39.6. The molecule has 722 valence electrons. The number of unbranched alkanes of at least 4 members (excludes halogenated alkanes) is 4. The molecule has 0 radical (unpaired) electrons. The maximum absolute atomic E-state index is 12.9. The number of hydroxylamine groups is 2. The van der Waals surface area contributed by atoms with Crippen LogP contribution in [0.5, 0.6) is 5.88 Å². The molecule has 31 nitrogen and oxygen atoms in total. The number of nitrogens with one attached hydrogen (secondary N) is 2. The largest absolute Gasteiger partial charge is 0.471 e. The van der Waals surface area contributed by atoms with E-state index in [1.165, 1.54) is 70.3 Å². The highest BCUT2D eigenvalue weighted by molar-refractivity contribution is 7.86. The van der Waals surface area contributed by atoms with E-state index in [1.54, 1.807) is 42.5 Å². The number of nitrogens with zero attached hydrogens (tertiary/aromatic N) is 10. The van der Waals surface area contributed by atoms with Crippen molar-refractivity contribution in [2.45, 2.75) is 197 Å². The Labute approximate surface area is 804 Å². The number of nitrogen functional groups attached to an aromatic ring is 1. The minimum absolute atomic E-state index is 0.0313. The van der Waals surface area contributed by atoms with Crippen LogP contribution in [-0.2, 0) is 102 Å². The third kappa shape index (κ3) is 24.8. The number of benzene rings is 7. The Kier molecular flexibility index (Phi) is 32.8. The van der Waals surface area contributed by atoms with E-state index in [0.717, 1.165) is 99.8 Å².